The maximum absolute atomic E-state index is 12.9. The van der Waals surface area contributed by atoms with Gasteiger partial charge >= 0.3 is 0 Å². The third kappa shape index (κ3) is 3.71. The molecule has 2 unspecified atom stereocenters. The Kier molecular flexibility index (Phi) is 4.90. The molecule has 0 saturated heterocycles. The molecular weight excluding hydrogens is 360 g/mol. The van der Waals surface area contributed by atoms with Gasteiger partial charge in [0.05, 0.1) is 5.92 Å². The van der Waals surface area contributed by atoms with Gasteiger partial charge in [-0.15, -0.1) is 0 Å². The van der Waals surface area contributed by atoms with E-state index in [2.05, 4.69) is 10.5 Å². The number of hydrogen-bond donors (Lipinski definition) is 1. The molecule has 3 aromatic rings. The van der Waals surface area contributed by atoms with Crippen molar-refractivity contribution < 1.29 is 9.63 Å². The lowest BCUT2D eigenvalue weighted by Crippen LogP contribution is -2.28. The highest BCUT2D eigenvalue weighted by atomic mass is 35.5. The van der Waals surface area contributed by atoms with E-state index in [1.54, 1.807) is 24.3 Å². The van der Waals surface area contributed by atoms with Crippen molar-refractivity contribution in [2.75, 3.05) is 5.32 Å². The summed E-state index contributed by atoms with van der Waals surface area (Å²) in [6, 6.07) is 26.6. The van der Waals surface area contributed by atoms with E-state index in [-0.39, 0.29) is 17.9 Å². The molecule has 0 aliphatic carbocycles. The number of amides is 1. The molecule has 4 rings (SSSR count). The molecule has 2 atom stereocenters. The fourth-order valence-electron chi connectivity index (χ4n) is 3.17. The number of carbonyl (C=O) groups is 1. The Morgan fingerprint density at radius 3 is 2.07 bits per heavy atom. The molecule has 0 bridgehead atoms. The lowest BCUT2D eigenvalue weighted by atomic mass is 9.85. The van der Waals surface area contributed by atoms with Gasteiger partial charge in [0, 0.05) is 10.7 Å². The highest BCUT2D eigenvalue weighted by molar-refractivity contribution is 6.45. The minimum absolute atomic E-state index is 0.287. The molecule has 1 aliphatic heterocycles. The molecule has 1 amide bonds. The zero-order valence-electron chi connectivity index (χ0n) is 14.4. The van der Waals surface area contributed by atoms with Gasteiger partial charge < -0.3 is 10.2 Å². The summed E-state index contributed by atoms with van der Waals surface area (Å²) >= 11 is 5.91. The fourth-order valence-corrected chi connectivity index (χ4v) is 3.30. The first kappa shape index (κ1) is 17.3. The number of oxime groups is 1. The zero-order valence-corrected chi connectivity index (χ0v) is 15.1. The van der Waals surface area contributed by atoms with Crippen molar-refractivity contribution in [3.63, 3.8) is 0 Å². The van der Waals surface area contributed by atoms with E-state index in [1.165, 1.54) is 0 Å². The Hall–Kier alpha value is -3.11. The van der Waals surface area contributed by atoms with Crippen LogP contribution in [0, 0.1) is 0 Å². The van der Waals surface area contributed by atoms with Crippen molar-refractivity contribution in [3.8, 4) is 0 Å². The third-order valence-electron chi connectivity index (χ3n) is 4.48. The number of halogens is 1. The smallest absolute Gasteiger partial charge is 0.274 e. The van der Waals surface area contributed by atoms with Gasteiger partial charge in [-0.3, -0.25) is 4.79 Å². The highest BCUT2D eigenvalue weighted by Gasteiger charge is 2.40. The van der Waals surface area contributed by atoms with Crippen molar-refractivity contribution in [2.45, 2.75) is 12.0 Å². The molecule has 0 spiro atoms. The van der Waals surface area contributed by atoms with Crippen molar-refractivity contribution in [1.82, 2.24) is 0 Å². The van der Waals surface area contributed by atoms with Crippen LogP contribution in [0.2, 0.25) is 5.02 Å². The monoisotopic (exact) mass is 376 g/mol. The van der Waals surface area contributed by atoms with Crippen molar-refractivity contribution in [3.05, 3.63) is 101 Å². The van der Waals surface area contributed by atoms with E-state index in [0.29, 0.717) is 16.4 Å². The third-order valence-corrected chi connectivity index (χ3v) is 4.74. The molecule has 0 saturated carbocycles. The summed E-state index contributed by atoms with van der Waals surface area (Å²) in [6.45, 7) is 0. The first-order chi connectivity index (χ1) is 13.2. The summed E-state index contributed by atoms with van der Waals surface area (Å²) in [4.78, 5) is 18.6. The van der Waals surface area contributed by atoms with Crippen molar-refractivity contribution >= 4 is 28.9 Å². The van der Waals surface area contributed by atoms with E-state index in [1.807, 2.05) is 60.7 Å². The molecule has 5 heteroatoms. The van der Waals surface area contributed by atoms with Crippen LogP contribution in [0.15, 0.2) is 90.1 Å². The predicted molar refractivity (Wildman–Crippen MR) is 107 cm³/mol. The number of nitrogens with one attached hydrogen (secondary N) is 1. The molecular formula is C22H17ClN2O2. The second-order valence-corrected chi connectivity index (χ2v) is 6.70. The zero-order chi connectivity index (χ0) is 18.6. The summed E-state index contributed by atoms with van der Waals surface area (Å²) in [6.07, 6.45) is -0.348. The summed E-state index contributed by atoms with van der Waals surface area (Å²) in [7, 11) is 0. The van der Waals surface area contributed by atoms with E-state index in [4.69, 9.17) is 16.4 Å². The SMILES string of the molecule is O=C(Nc1ccc(Cl)cc1)C1=NOC(c2ccccc2)C1c1ccccc1. The van der Waals surface area contributed by atoms with Gasteiger partial charge in [-0.05, 0) is 35.4 Å². The lowest BCUT2D eigenvalue weighted by molar-refractivity contribution is -0.110. The summed E-state index contributed by atoms with van der Waals surface area (Å²) in [5.74, 6) is -0.578. The van der Waals surface area contributed by atoms with Crippen LogP contribution in [0.25, 0.3) is 0 Å². The van der Waals surface area contributed by atoms with Gasteiger partial charge in [0.25, 0.3) is 5.91 Å². The van der Waals surface area contributed by atoms with Gasteiger partial charge in [-0.1, -0.05) is 77.4 Å². The van der Waals surface area contributed by atoms with Crippen LogP contribution in [0.5, 0.6) is 0 Å². The summed E-state index contributed by atoms with van der Waals surface area (Å²) in [5.41, 5.74) is 2.96. The molecule has 0 radical (unpaired) electrons. The standard InChI is InChI=1S/C22H17ClN2O2/c23-17-11-13-18(14-12-17)24-22(26)20-19(15-7-3-1-4-8-15)21(27-25-20)16-9-5-2-6-10-16/h1-14,19,21H,(H,24,26). The average Bonchev–Trinajstić information content (AvgIpc) is 3.16. The molecule has 134 valence electrons. The van der Waals surface area contributed by atoms with E-state index in [0.717, 1.165) is 11.1 Å². The van der Waals surface area contributed by atoms with Crippen LogP contribution in [-0.4, -0.2) is 11.6 Å². The molecule has 0 aromatic heterocycles. The van der Waals surface area contributed by atoms with E-state index < -0.39 is 0 Å². The Labute approximate surface area is 162 Å². The highest BCUT2D eigenvalue weighted by Crippen LogP contribution is 2.40. The van der Waals surface area contributed by atoms with Gasteiger partial charge in [0.15, 0.2) is 11.8 Å². The van der Waals surface area contributed by atoms with E-state index >= 15 is 0 Å². The summed E-state index contributed by atoms with van der Waals surface area (Å²) < 4.78 is 0. The molecule has 1 N–H and O–H groups in total. The molecule has 0 fully saturated rings. The Balaban J connectivity index is 1.64. The first-order valence-corrected chi connectivity index (χ1v) is 9.01. The second-order valence-electron chi connectivity index (χ2n) is 6.26. The van der Waals surface area contributed by atoms with Crippen LogP contribution < -0.4 is 5.32 Å². The minimum Gasteiger partial charge on any atom is -0.386 e. The maximum Gasteiger partial charge on any atom is 0.274 e. The fraction of sp³-hybridized carbons (Fsp3) is 0.0909. The average molecular weight is 377 g/mol. The number of anilines is 1. The minimum atomic E-state index is -0.348. The normalized spacial score (nSPS) is 18.5. The Morgan fingerprint density at radius 2 is 1.44 bits per heavy atom. The Morgan fingerprint density at radius 1 is 0.852 bits per heavy atom. The molecule has 4 nitrogen and oxygen atoms in total. The number of benzene rings is 3. The van der Waals surface area contributed by atoms with Gasteiger partial charge in [0.2, 0.25) is 0 Å². The van der Waals surface area contributed by atoms with Crippen LogP contribution >= 0.6 is 11.6 Å². The topological polar surface area (TPSA) is 50.7 Å². The lowest BCUT2D eigenvalue weighted by Gasteiger charge is -2.19. The van der Waals surface area contributed by atoms with Crippen LogP contribution in [-0.2, 0) is 9.63 Å². The quantitative estimate of drug-likeness (QED) is 0.681. The number of rotatable bonds is 4. The van der Waals surface area contributed by atoms with Gasteiger partial charge in [-0.25, -0.2) is 0 Å². The molecule has 1 heterocycles. The molecule has 3 aromatic carbocycles. The predicted octanol–water partition coefficient (Wildman–Crippen LogP) is 5.19. The number of nitrogens with zero attached hydrogens (tertiary/aromatic N) is 1. The van der Waals surface area contributed by atoms with Crippen LogP contribution in [0.1, 0.15) is 23.1 Å². The van der Waals surface area contributed by atoms with Crippen molar-refractivity contribution in [1.29, 1.82) is 0 Å². The van der Waals surface area contributed by atoms with Crippen molar-refractivity contribution in [2.24, 2.45) is 5.16 Å². The Bertz CT molecular complexity index is 957. The van der Waals surface area contributed by atoms with Crippen LogP contribution in [0.3, 0.4) is 0 Å². The maximum atomic E-state index is 12.9. The molecule has 1 aliphatic rings. The number of hydrogen-bond acceptors (Lipinski definition) is 3. The largest absolute Gasteiger partial charge is 0.386 e. The summed E-state index contributed by atoms with van der Waals surface area (Å²) in [5, 5.41) is 7.63. The van der Waals surface area contributed by atoms with Crippen LogP contribution in [0.4, 0.5) is 5.69 Å². The number of carbonyl (C=O) groups excluding carboxylic acids is 1. The van der Waals surface area contributed by atoms with Gasteiger partial charge in [0.1, 0.15) is 0 Å². The second kappa shape index (κ2) is 7.64. The van der Waals surface area contributed by atoms with E-state index in [9.17, 15) is 4.79 Å². The first-order valence-electron chi connectivity index (χ1n) is 8.63. The van der Waals surface area contributed by atoms with Gasteiger partial charge in [-0.2, -0.15) is 0 Å². The molecule has 27 heavy (non-hydrogen) atoms.